The number of carbonyl (C=O) groups is 2. The molecule has 31 heavy (non-hydrogen) atoms. The van der Waals surface area contributed by atoms with Gasteiger partial charge in [0.15, 0.2) is 0 Å². The topological polar surface area (TPSA) is 97.7 Å². The number of alkyl halides is 3. The number of esters is 1. The predicted octanol–water partition coefficient (Wildman–Crippen LogP) is 2.62. The molecule has 1 fully saturated rings. The lowest BCUT2D eigenvalue weighted by molar-refractivity contribution is -0.137. The summed E-state index contributed by atoms with van der Waals surface area (Å²) >= 11 is 0. The van der Waals surface area contributed by atoms with Gasteiger partial charge in [-0.15, -0.1) is 0 Å². The highest BCUT2D eigenvalue weighted by atomic mass is 32.2. The second-order valence-electron chi connectivity index (χ2n) is 7.01. The number of carbonyl (C=O) groups excluding carboxylic acids is 2. The molecule has 0 aliphatic carbocycles. The average Bonchev–Trinajstić information content (AvgIpc) is 3.34. The molecule has 1 atom stereocenters. The van der Waals surface area contributed by atoms with Gasteiger partial charge in [-0.1, -0.05) is 6.07 Å². The molecule has 8 nitrogen and oxygen atoms in total. The molecule has 0 saturated carbocycles. The minimum Gasteiger partial charge on any atom is -0.464 e. The van der Waals surface area contributed by atoms with E-state index in [0.717, 1.165) is 35.7 Å². The molecule has 2 aromatic rings. The summed E-state index contributed by atoms with van der Waals surface area (Å²) in [5.74, 6) is -1.45. The van der Waals surface area contributed by atoms with Crippen LogP contribution in [-0.4, -0.2) is 48.9 Å². The van der Waals surface area contributed by atoms with Crippen molar-refractivity contribution in [1.29, 1.82) is 0 Å². The fourth-order valence-corrected chi connectivity index (χ4v) is 5.14. The molecule has 1 aromatic carbocycles. The molecule has 0 spiro atoms. The molecular weight excluding hydrogens is 439 g/mol. The second-order valence-corrected chi connectivity index (χ2v) is 8.90. The third-order valence-corrected chi connectivity index (χ3v) is 6.82. The van der Waals surface area contributed by atoms with Crippen LogP contribution in [-0.2, 0) is 32.8 Å². The van der Waals surface area contributed by atoms with Gasteiger partial charge in [0, 0.05) is 25.5 Å². The minimum absolute atomic E-state index is 0.0187. The summed E-state index contributed by atoms with van der Waals surface area (Å²) in [6, 6.07) is 4.16. The summed E-state index contributed by atoms with van der Waals surface area (Å²) < 4.78 is 71.8. The van der Waals surface area contributed by atoms with Crippen LogP contribution >= 0.6 is 0 Å². The quantitative estimate of drug-likeness (QED) is 0.694. The van der Waals surface area contributed by atoms with Gasteiger partial charge in [0.05, 0.1) is 12.7 Å². The Hall–Kier alpha value is -2.86. The van der Waals surface area contributed by atoms with Gasteiger partial charge in [-0.3, -0.25) is 4.79 Å². The normalized spacial score (nSPS) is 17.5. The number of methoxy groups -OCH3 is 1. The van der Waals surface area contributed by atoms with Gasteiger partial charge in [0.25, 0.3) is 0 Å². The summed E-state index contributed by atoms with van der Waals surface area (Å²) in [5.41, 5.74) is -0.997. The lowest BCUT2D eigenvalue weighted by atomic mass is 10.1. The molecule has 1 unspecified atom stereocenters. The lowest BCUT2D eigenvalue weighted by Crippen LogP contribution is -2.43. The monoisotopic (exact) mass is 459 g/mol. The van der Waals surface area contributed by atoms with Crippen molar-refractivity contribution in [2.45, 2.75) is 30.0 Å². The predicted molar refractivity (Wildman–Crippen MR) is 104 cm³/mol. The van der Waals surface area contributed by atoms with Crippen molar-refractivity contribution in [2.75, 3.05) is 19.0 Å². The molecule has 0 bridgehead atoms. The summed E-state index contributed by atoms with van der Waals surface area (Å²) in [4.78, 5) is 24.3. The van der Waals surface area contributed by atoms with Gasteiger partial charge in [-0.25, -0.2) is 13.2 Å². The number of anilines is 1. The highest BCUT2D eigenvalue weighted by molar-refractivity contribution is 7.89. The molecule has 12 heteroatoms. The molecule has 1 amide bonds. The van der Waals surface area contributed by atoms with Gasteiger partial charge in [-0.2, -0.15) is 17.5 Å². The zero-order chi connectivity index (χ0) is 23.0. The number of aromatic nitrogens is 1. The van der Waals surface area contributed by atoms with Crippen molar-refractivity contribution in [3.63, 3.8) is 0 Å². The Morgan fingerprint density at radius 1 is 1.23 bits per heavy atom. The number of nitrogens with one attached hydrogen (secondary N) is 1. The Bertz CT molecular complexity index is 1110. The maximum absolute atomic E-state index is 13.1. The average molecular weight is 459 g/mol. The van der Waals surface area contributed by atoms with E-state index in [-0.39, 0.29) is 29.2 Å². The Morgan fingerprint density at radius 2 is 1.94 bits per heavy atom. The minimum atomic E-state index is -4.58. The van der Waals surface area contributed by atoms with Crippen molar-refractivity contribution < 1.29 is 35.9 Å². The van der Waals surface area contributed by atoms with Crippen molar-refractivity contribution in [3.05, 3.63) is 47.8 Å². The van der Waals surface area contributed by atoms with Crippen molar-refractivity contribution in [1.82, 2.24) is 8.87 Å². The standard InChI is InChI=1S/C19H20F3N3O5S/c1-24-11-14(10-16(24)18(27)30-2)31(28,29)25-8-4-7-15(25)17(26)23-13-6-3-5-12(9-13)19(20,21)22/h3,5-6,9-11,15H,4,7-8H2,1-2H3,(H,23,26). The van der Waals surface area contributed by atoms with Gasteiger partial charge >= 0.3 is 12.1 Å². The molecule has 1 N–H and O–H groups in total. The molecular formula is C19H20F3N3O5S. The first-order valence-corrected chi connectivity index (χ1v) is 10.6. The number of hydrogen-bond donors (Lipinski definition) is 1. The fourth-order valence-electron chi connectivity index (χ4n) is 3.41. The number of halogens is 3. The number of aryl methyl sites for hydroxylation is 1. The lowest BCUT2D eigenvalue weighted by Gasteiger charge is -2.23. The first-order valence-electron chi connectivity index (χ1n) is 9.20. The van der Waals surface area contributed by atoms with E-state index in [4.69, 9.17) is 0 Å². The molecule has 0 radical (unpaired) electrons. The van der Waals surface area contributed by atoms with E-state index in [9.17, 15) is 31.2 Å². The second kappa shape index (κ2) is 8.35. The Balaban J connectivity index is 1.84. The highest BCUT2D eigenvalue weighted by Crippen LogP contribution is 2.32. The van der Waals surface area contributed by atoms with E-state index in [1.54, 1.807) is 0 Å². The number of hydrogen-bond acceptors (Lipinski definition) is 5. The summed E-state index contributed by atoms with van der Waals surface area (Å²) in [6.07, 6.45) is -2.73. The Kier molecular flexibility index (Phi) is 6.14. The molecule has 2 heterocycles. The van der Waals surface area contributed by atoms with Gasteiger partial charge in [0.2, 0.25) is 15.9 Å². The SMILES string of the molecule is COC(=O)c1cc(S(=O)(=O)N2CCCC2C(=O)Nc2cccc(C(F)(F)F)c2)cn1C. The number of sulfonamides is 1. The highest BCUT2D eigenvalue weighted by Gasteiger charge is 2.40. The first-order chi connectivity index (χ1) is 14.4. The van der Waals surface area contributed by atoms with E-state index < -0.39 is 39.7 Å². The van der Waals surface area contributed by atoms with Crippen LogP contribution in [0.15, 0.2) is 41.4 Å². The molecule has 168 valence electrons. The van der Waals surface area contributed by atoms with Gasteiger partial charge in [-0.05, 0) is 37.1 Å². The van der Waals surface area contributed by atoms with Crippen LogP contribution in [0.4, 0.5) is 18.9 Å². The van der Waals surface area contributed by atoms with Crippen LogP contribution in [0, 0.1) is 0 Å². The number of rotatable bonds is 5. The smallest absolute Gasteiger partial charge is 0.416 e. The van der Waals surface area contributed by atoms with Crippen LogP contribution in [0.2, 0.25) is 0 Å². The van der Waals surface area contributed by atoms with E-state index in [0.29, 0.717) is 6.42 Å². The van der Waals surface area contributed by atoms with Crippen LogP contribution in [0.5, 0.6) is 0 Å². The van der Waals surface area contributed by atoms with E-state index in [2.05, 4.69) is 10.1 Å². The third-order valence-electron chi connectivity index (χ3n) is 4.94. The van der Waals surface area contributed by atoms with E-state index in [1.807, 2.05) is 0 Å². The van der Waals surface area contributed by atoms with Crippen LogP contribution in [0.3, 0.4) is 0 Å². The van der Waals surface area contributed by atoms with Crippen LogP contribution < -0.4 is 5.32 Å². The number of amides is 1. The van der Waals surface area contributed by atoms with Gasteiger partial charge in [0.1, 0.15) is 16.6 Å². The van der Waals surface area contributed by atoms with Crippen LogP contribution in [0.25, 0.3) is 0 Å². The fraction of sp³-hybridized carbons (Fsp3) is 0.368. The number of benzene rings is 1. The largest absolute Gasteiger partial charge is 0.464 e. The van der Waals surface area contributed by atoms with Crippen LogP contribution in [0.1, 0.15) is 28.9 Å². The van der Waals surface area contributed by atoms with E-state index in [1.165, 1.54) is 23.9 Å². The third kappa shape index (κ3) is 4.59. The summed E-state index contributed by atoms with van der Waals surface area (Å²) in [5, 5.41) is 2.37. The number of nitrogens with zero attached hydrogens (tertiary/aromatic N) is 2. The van der Waals surface area contributed by atoms with Crippen molar-refractivity contribution in [3.8, 4) is 0 Å². The molecule has 1 aliphatic heterocycles. The molecule has 1 aromatic heterocycles. The zero-order valence-corrected chi connectivity index (χ0v) is 17.5. The van der Waals surface area contributed by atoms with E-state index >= 15 is 0 Å². The van der Waals surface area contributed by atoms with Gasteiger partial charge < -0.3 is 14.6 Å². The maximum atomic E-state index is 13.1. The van der Waals surface area contributed by atoms with Crippen molar-refractivity contribution in [2.24, 2.45) is 7.05 Å². The number of ether oxygens (including phenoxy) is 1. The molecule has 1 aliphatic rings. The zero-order valence-electron chi connectivity index (χ0n) is 16.6. The molecule has 3 rings (SSSR count). The summed E-state index contributed by atoms with van der Waals surface area (Å²) in [6.45, 7) is 0.0610. The maximum Gasteiger partial charge on any atom is 0.416 e. The summed E-state index contributed by atoms with van der Waals surface area (Å²) in [7, 11) is -1.49. The Labute approximate surface area is 176 Å². The molecule has 1 saturated heterocycles. The van der Waals surface area contributed by atoms with Crippen molar-refractivity contribution >= 4 is 27.6 Å². The first kappa shape index (κ1) is 22.8. The Morgan fingerprint density at radius 3 is 2.58 bits per heavy atom.